The van der Waals surface area contributed by atoms with Gasteiger partial charge in [0.25, 0.3) is 5.91 Å². The van der Waals surface area contributed by atoms with Crippen molar-refractivity contribution in [2.24, 2.45) is 10.8 Å². The molecule has 3 aromatic rings. The molecule has 0 aliphatic rings. The Labute approximate surface area is 257 Å². The van der Waals surface area contributed by atoms with Crippen LogP contribution in [0.5, 0.6) is 0 Å². The summed E-state index contributed by atoms with van der Waals surface area (Å²) in [6.07, 6.45) is 5.57. The molecule has 0 aliphatic heterocycles. The Morgan fingerprint density at radius 2 is 1.64 bits per heavy atom. The maximum atomic E-state index is 13.6. The van der Waals surface area contributed by atoms with Gasteiger partial charge in [0.2, 0.25) is 5.91 Å². The van der Waals surface area contributed by atoms with Crippen LogP contribution in [0.1, 0.15) is 61.1 Å². The minimum atomic E-state index is -0.935. The predicted octanol–water partition coefficient (Wildman–Crippen LogP) is 3.14. The summed E-state index contributed by atoms with van der Waals surface area (Å²) < 4.78 is 5.36. The topological polar surface area (TPSA) is 172 Å². The lowest BCUT2D eigenvalue weighted by molar-refractivity contribution is -0.155. The van der Waals surface area contributed by atoms with Crippen molar-refractivity contribution < 1.29 is 23.9 Å². The molecule has 0 unspecified atom stereocenters. The van der Waals surface area contributed by atoms with E-state index >= 15 is 0 Å². The second-order valence-corrected chi connectivity index (χ2v) is 11.3. The van der Waals surface area contributed by atoms with Crippen molar-refractivity contribution in [2.45, 2.75) is 64.5 Å². The average molecular weight is 604 g/mol. The van der Waals surface area contributed by atoms with Crippen LogP contribution in [0.3, 0.4) is 0 Å². The van der Waals surface area contributed by atoms with Gasteiger partial charge < -0.3 is 25.7 Å². The third kappa shape index (κ3) is 12.5. The lowest BCUT2D eigenvalue weighted by Crippen LogP contribution is -2.46. The molecule has 3 rings (SSSR count). The highest BCUT2D eigenvalue weighted by Crippen LogP contribution is 2.11. The van der Waals surface area contributed by atoms with Crippen LogP contribution in [0.15, 0.2) is 72.0 Å². The Bertz CT molecular complexity index is 1400. The van der Waals surface area contributed by atoms with Gasteiger partial charge in [-0.15, -0.1) is 0 Å². The molecule has 0 saturated carbocycles. The second-order valence-electron chi connectivity index (χ2n) is 11.3. The fourth-order valence-electron chi connectivity index (χ4n) is 4.35. The zero-order chi connectivity index (χ0) is 32.0. The Morgan fingerprint density at radius 1 is 1.00 bits per heavy atom. The van der Waals surface area contributed by atoms with Gasteiger partial charge in [0, 0.05) is 24.7 Å². The summed E-state index contributed by atoms with van der Waals surface area (Å²) in [5.41, 5.74) is 9.43. The number of aromatic nitrogens is 2. The highest BCUT2D eigenvalue weighted by atomic mass is 16.6. The lowest BCUT2D eigenvalue weighted by atomic mass is 10.1. The van der Waals surface area contributed by atoms with Crippen LogP contribution in [0.4, 0.5) is 4.79 Å². The van der Waals surface area contributed by atoms with Gasteiger partial charge in [-0.2, -0.15) is 5.10 Å². The van der Waals surface area contributed by atoms with E-state index in [1.807, 2.05) is 54.0 Å². The summed E-state index contributed by atoms with van der Waals surface area (Å²) in [6, 6.07) is 17.9. The first-order valence-corrected chi connectivity index (χ1v) is 14.5. The first-order chi connectivity index (χ1) is 21.0. The quantitative estimate of drug-likeness (QED) is 0.118. The monoisotopic (exact) mass is 603 g/mol. The van der Waals surface area contributed by atoms with Crippen LogP contribution in [0.2, 0.25) is 0 Å². The number of amides is 4. The number of urea groups is 1. The van der Waals surface area contributed by atoms with Crippen molar-refractivity contribution in [2.75, 3.05) is 13.1 Å². The van der Waals surface area contributed by atoms with Crippen molar-refractivity contribution in [3.63, 3.8) is 0 Å². The molecule has 0 spiro atoms. The Balaban J connectivity index is 1.69. The second kappa shape index (κ2) is 16.6. The molecule has 0 fully saturated rings. The van der Waals surface area contributed by atoms with Gasteiger partial charge in [-0.05, 0) is 57.6 Å². The smallest absolute Gasteiger partial charge is 0.332 e. The number of ether oxygens (including phenoxy) is 1. The third-order valence-corrected chi connectivity index (χ3v) is 6.30. The summed E-state index contributed by atoms with van der Waals surface area (Å²) in [4.78, 5) is 59.1. The molecule has 12 heteroatoms. The van der Waals surface area contributed by atoms with Crippen LogP contribution >= 0.6 is 0 Å². The van der Waals surface area contributed by atoms with Crippen molar-refractivity contribution in [1.82, 2.24) is 25.6 Å². The van der Waals surface area contributed by atoms with E-state index in [2.05, 4.69) is 32.5 Å². The number of nitrogens with one attached hydrogen (secondary N) is 3. The normalized spacial score (nSPS) is 12.0. The van der Waals surface area contributed by atoms with Crippen LogP contribution in [0.25, 0.3) is 0 Å². The number of hydrogen-bond acceptors (Lipinski definition) is 7. The molecule has 1 atom stereocenters. The number of hydrogen-bond donors (Lipinski definition) is 4. The zero-order valence-electron chi connectivity index (χ0n) is 25.4. The van der Waals surface area contributed by atoms with Gasteiger partial charge in [-0.1, -0.05) is 60.7 Å². The van der Waals surface area contributed by atoms with E-state index in [9.17, 15) is 19.2 Å². The molecule has 0 bridgehead atoms. The fraction of sp³-hybridized carbons (Fsp3) is 0.375. The van der Waals surface area contributed by atoms with Gasteiger partial charge >= 0.3 is 12.0 Å². The van der Waals surface area contributed by atoms with E-state index in [0.29, 0.717) is 12.8 Å². The molecule has 1 heterocycles. The van der Waals surface area contributed by atoms with Gasteiger partial charge in [0.1, 0.15) is 5.60 Å². The molecule has 1 aromatic heterocycles. The number of rotatable bonds is 15. The molecule has 5 N–H and O–H groups in total. The number of nitrogens with two attached hydrogens (primary N) is 1. The first kappa shape index (κ1) is 33.5. The first-order valence-electron chi connectivity index (χ1n) is 14.5. The van der Waals surface area contributed by atoms with E-state index in [1.54, 1.807) is 27.0 Å². The fourth-order valence-corrected chi connectivity index (χ4v) is 4.35. The van der Waals surface area contributed by atoms with E-state index in [1.165, 1.54) is 16.7 Å². The number of nitrogens with zero attached hydrogens (tertiary/aromatic N) is 3. The summed E-state index contributed by atoms with van der Waals surface area (Å²) in [7, 11) is 0. The Morgan fingerprint density at radius 3 is 2.25 bits per heavy atom. The minimum Gasteiger partial charge on any atom is -0.460 e. The van der Waals surface area contributed by atoms with E-state index in [-0.39, 0.29) is 25.3 Å². The van der Waals surface area contributed by atoms with Crippen LogP contribution in [0, 0.1) is 0 Å². The van der Waals surface area contributed by atoms with Crippen LogP contribution in [-0.4, -0.2) is 69.6 Å². The number of aromatic amines is 1. The summed E-state index contributed by atoms with van der Waals surface area (Å²) >= 11 is 0. The number of H-pyrrole nitrogens is 1. The lowest BCUT2D eigenvalue weighted by Gasteiger charge is -2.24. The van der Waals surface area contributed by atoms with Crippen molar-refractivity contribution in [1.29, 1.82) is 0 Å². The number of carbonyl (C=O) groups excluding carboxylic acids is 4. The zero-order valence-corrected chi connectivity index (χ0v) is 25.4. The summed E-state index contributed by atoms with van der Waals surface area (Å²) in [5, 5.41) is 6.38. The summed E-state index contributed by atoms with van der Waals surface area (Å²) in [5.74, 6) is -1.42. The molecular formula is C32H41N7O5. The maximum absolute atomic E-state index is 13.6. The highest BCUT2D eigenvalue weighted by molar-refractivity contribution is 5.94. The van der Waals surface area contributed by atoms with Gasteiger partial charge in [-0.3, -0.25) is 14.4 Å². The molecule has 44 heavy (non-hydrogen) atoms. The van der Waals surface area contributed by atoms with Crippen LogP contribution < -0.4 is 16.5 Å². The van der Waals surface area contributed by atoms with Crippen molar-refractivity contribution >= 4 is 30.0 Å². The number of imidazole rings is 1. The largest absolute Gasteiger partial charge is 0.460 e. The number of benzene rings is 2. The molecule has 0 saturated heterocycles. The van der Waals surface area contributed by atoms with Gasteiger partial charge in [0.05, 0.1) is 19.0 Å². The number of carbonyl (C=O) groups is 4. The number of primary amides is 1. The molecule has 0 radical (unpaired) electrons. The van der Waals surface area contributed by atoms with Crippen molar-refractivity contribution in [3.8, 4) is 0 Å². The Kier molecular flexibility index (Phi) is 12.6. The van der Waals surface area contributed by atoms with Gasteiger partial charge in [-0.25, -0.2) is 15.2 Å². The summed E-state index contributed by atoms with van der Waals surface area (Å²) in [6.45, 7) is 5.11. The van der Waals surface area contributed by atoms with E-state index < -0.39 is 35.5 Å². The molecule has 4 amide bonds. The number of esters is 1. The van der Waals surface area contributed by atoms with Crippen LogP contribution in [-0.2, 0) is 33.6 Å². The standard InChI is InChI=1S/C32H41N7O5/c1-32(2,3)44-28(41)19-26(21-35-38-31(33)43)36-27(40)22-39(18-17-24-13-8-5-9-14-24)30(42)29-34-20-25(37-29)16-10-15-23-11-6-4-7-12-23/h4-9,11-14,20-21,26H,10,15-19,22H2,1-3H3,(H,34,37)(H,36,40)(H3,33,38,43)/b35-21+/t26-/m0/s1. The Hall–Kier alpha value is -5.00. The maximum Gasteiger partial charge on any atom is 0.332 e. The molecule has 2 aromatic carbocycles. The SMILES string of the molecule is CC(C)(C)OC(=O)C[C@@H](/C=N/NC(N)=O)NC(=O)CN(CCc1ccccc1)C(=O)c1ncc(CCCc2ccccc2)[nH]1. The average Bonchev–Trinajstić information content (AvgIpc) is 3.43. The molecule has 234 valence electrons. The molecule has 12 nitrogen and oxygen atoms in total. The van der Waals surface area contributed by atoms with Crippen molar-refractivity contribution in [3.05, 3.63) is 89.5 Å². The molecule has 0 aliphatic carbocycles. The van der Waals surface area contributed by atoms with E-state index in [0.717, 1.165) is 24.1 Å². The third-order valence-electron chi connectivity index (χ3n) is 6.30. The van der Waals surface area contributed by atoms with E-state index in [4.69, 9.17) is 10.5 Å². The predicted molar refractivity (Wildman–Crippen MR) is 167 cm³/mol. The number of hydrazone groups is 1. The molecular weight excluding hydrogens is 562 g/mol. The minimum absolute atomic E-state index is 0.137. The van der Waals surface area contributed by atoms with Gasteiger partial charge in [0.15, 0.2) is 5.82 Å². The highest BCUT2D eigenvalue weighted by Gasteiger charge is 2.25. The number of aryl methyl sites for hydroxylation is 2.